The van der Waals surface area contributed by atoms with Gasteiger partial charge in [0.05, 0.1) is 20.8 Å². The molecule has 1 heterocycles. The molecule has 1 atom stereocenters. The van der Waals surface area contributed by atoms with E-state index in [1.807, 2.05) is 0 Å². The largest absolute Gasteiger partial charge is 0.494 e. The molecule has 1 fully saturated rings. The first-order chi connectivity index (χ1) is 32.9. The Balaban J connectivity index is 3.09. The summed E-state index contributed by atoms with van der Waals surface area (Å²) in [7, 11) is -9.15. The Bertz CT molecular complexity index is 1940. The molecule has 0 amide bonds. The van der Waals surface area contributed by atoms with Gasteiger partial charge in [-0.1, -0.05) is 48.5 Å². The normalized spacial score (nSPS) is 18.2. The van der Waals surface area contributed by atoms with Crippen LogP contribution in [-0.2, 0) is 9.31 Å². The number of benzene rings is 1. The first-order valence-electron chi connectivity index (χ1n) is 19.1. The maximum Gasteiger partial charge on any atom is 0.494 e. The highest BCUT2D eigenvalue weighted by Crippen LogP contribution is 2.65. The summed E-state index contributed by atoms with van der Waals surface area (Å²) in [6.45, 7) is -1.57. The van der Waals surface area contributed by atoms with E-state index >= 15 is 26.3 Å². The molecule has 1 aliphatic rings. The zero-order chi connectivity index (χ0) is 60.8. The van der Waals surface area contributed by atoms with Gasteiger partial charge in [0.2, 0.25) is 0 Å². The number of hydrogen-bond acceptors (Lipinski definition) is 2. The van der Waals surface area contributed by atoms with E-state index in [0.717, 1.165) is 30.3 Å². The fraction of sp³-hybridized carbons (Fsp3) is 0.818. The van der Waals surface area contributed by atoms with Gasteiger partial charge in [-0.25, -0.2) is 0 Å². The van der Waals surface area contributed by atoms with Crippen LogP contribution in [0.3, 0.4) is 0 Å². The van der Waals surface area contributed by atoms with Crippen molar-refractivity contribution in [2.75, 3.05) is 6.61 Å². The molecule has 0 spiro atoms. The average Bonchev–Trinajstić information content (AvgIpc) is 3.70. The predicted molar refractivity (Wildman–Crippen MR) is 174 cm³/mol. The monoisotopic (exact) mass is 1230 g/mol. The van der Waals surface area contributed by atoms with E-state index in [-0.39, 0.29) is 0 Å². The highest BCUT2D eigenvalue weighted by atomic mass is 28.3. The molecule has 0 radical (unpaired) electrons. The molecule has 1 saturated heterocycles. The van der Waals surface area contributed by atoms with Gasteiger partial charge in [0.25, 0.3) is 0 Å². The van der Waals surface area contributed by atoms with Gasteiger partial charge in [-0.3, -0.25) is 0 Å². The molecule has 0 bridgehead atoms. The highest BCUT2D eigenvalue weighted by molar-refractivity contribution is 6.80. The fourth-order valence-electron chi connectivity index (χ4n) is 6.65. The summed E-state index contributed by atoms with van der Waals surface area (Å²) in [5, 5.41) is 0. The van der Waals surface area contributed by atoms with Gasteiger partial charge < -0.3 is 9.31 Å². The number of hydrogen-bond donors (Lipinski definition) is 0. The first-order valence-corrected chi connectivity index (χ1v) is 21.9. The second-order valence-corrected chi connectivity index (χ2v) is 21.4. The van der Waals surface area contributed by atoms with Gasteiger partial charge in [-0.05, 0) is 11.5 Å². The van der Waals surface area contributed by atoms with Crippen molar-refractivity contribution >= 4 is 20.7 Å². The second kappa shape index (κ2) is 19.7. The van der Waals surface area contributed by atoms with E-state index in [1.165, 1.54) is 0 Å². The van der Waals surface area contributed by atoms with E-state index in [9.17, 15) is 145 Å². The minimum atomic E-state index is -8.90. The smallest absolute Gasteiger partial charge is 0.405 e. The van der Waals surface area contributed by atoms with Crippen molar-refractivity contribution in [3.8, 4) is 0 Å². The molecule has 1 aromatic rings. The van der Waals surface area contributed by atoms with E-state index in [2.05, 4.69) is 0 Å². The Morgan fingerprint density at radius 3 is 0.816 bits per heavy atom. The van der Waals surface area contributed by atoms with Crippen LogP contribution >= 0.6 is 0 Å². The number of rotatable bonds is 24. The quantitative estimate of drug-likeness (QED) is 0.0759. The van der Waals surface area contributed by atoms with Crippen molar-refractivity contribution in [1.29, 1.82) is 0 Å². The second-order valence-electron chi connectivity index (χ2n) is 16.5. The summed E-state index contributed by atoms with van der Waals surface area (Å²) in [5.41, 5.74) is -0.405. The standard InChI is InChI=1S/C33H22BF39O2Si/c35-16(36,19(41,42)22(47,48)25(53,54)28(59,60)31(65,66)67)6-9-76(13-15-12-74-34(75-15)14-4-2-1-3-5-14,10-7-17(37,38)20(43,44)23(49,50)26(55,56)29(61,62)32(68,69)70)11-8-18(39,40)21(45,46)24(51,52)27(57,58)30(63,64)33(71,72)73/h1-5,15H,6-13H2. The molecule has 0 aromatic heterocycles. The molecule has 2 rings (SSSR count). The van der Waals surface area contributed by atoms with Crippen LogP contribution in [0.1, 0.15) is 19.3 Å². The minimum Gasteiger partial charge on any atom is -0.405 e. The summed E-state index contributed by atoms with van der Waals surface area (Å²) in [6.07, 6.45) is -39.3. The van der Waals surface area contributed by atoms with E-state index in [1.54, 1.807) is 0 Å². The van der Waals surface area contributed by atoms with Crippen molar-refractivity contribution in [2.45, 2.75) is 157 Å². The molecular weight excluding hydrogens is 1210 g/mol. The van der Waals surface area contributed by atoms with Gasteiger partial charge in [0.15, 0.2) is 0 Å². The van der Waals surface area contributed by atoms with Gasteiger partial charge in [0, 0.05) is 19.3 Å². The van der Waals surface area contributed by atoms with Crippen molar-refractivity contribution in [2.24, 2.45) is 0 Å². The van der Waals surface area contributed by atoms with Crippen LogP contribution < -0.4 is 5.46 Å². The molecule has 1 unspecified atom stereocenters. The van der Waals surface area contributed by atoms with Crippen LogP contribution in [0.15, 0.2) is 30.3 Å². The van der Waals surface area contributed by atoms with Crippen molar-refractivity contribution in [3.05, 3.63) is 30.3 Å². The maximum atomic E-state index is 15.2. The first kappa shape index (κ1) is 68.8. The van der Waals surface area contributed by atoms with Gasteiger partial charge in [-0.15, -0.1) is 0 Å². The van der Waals surface area contributed by atoms with Crippen molar-refractivity contribution in [3.63, 3.8) is 0 Å². The van der Waals surface area contributed by atoms with Gasteiger partial charge >= 0.3 is 114 Å². The van der Waals surface area contributed by atoms with Crippen molar-refractivity contribution in [1.82, 2.24) is 0 Å². The average molecular weight is 1230 g/mol. The van der Waals surface area contributed by atoms with Crippen LogP contribution in [-0.4, -0.2) is 135 Å². The molecule has 1 aromatic carbocycles. The summed E-state index contributed by atoms with van der Waals surface area (Å²) in [6, 6.07) is -7.40. The van der Waals surface area contributed by atoms with Crippen LogP contribution in [0.5, 0.6) is 0 Å². The molecule has 76 heavy (non-hydrogen) atoms. The molecule has 1 aliphatic heterocycles. The molecule has 0 N–H and O–H groups in total. The Labute approximate surface area is 395 Å². The summed E-state index contributed by atoms with van der Waals surface area (Å²) in [5.74, 6) is -128. The predicted octanol–water partition coefficient (Wildman–Crippen LogP) is 15.6. The Hall–Kier alpha value is -3.31. The van der Waals surface area contributed by atoms with Crippen LogP contribution in [0.2, 0.25) is 24.2 Å². The Kier molecular flexibility index (Phi) is 17.9. The van der Waals surface area contributed by atoms with Crippen LogP contribution in [0.25, 0.3) is 0 Å². The lowest BCUT2D eigenvalue weighted by Crippen LogP contribution is -2.70. The molecular formula is C33H22BF39O2Si. The number of alkyl halides is 39. The third kappa shape index (κ3) is 10.8. The molecule has 2 nitrogen and oxygen atoms in total. The third-order valence-corrected chi connectivity index (χ3v) is 16.6. The summed E-state index contributed by atoms with van der Waals surface area (Å²) < 4.78 is 554. The topological polar surface area (TPSA) is 18.5 Å². The molecule has 446 valence electrons. The maximum absolute atomic E-state index is 15.2. The minimum absolute atomic E-state index is 0.405. The van der Waals surface area contributed by atoms with Crippen molar-refractivity contribution < 1.29 is 181 Å². The van der Waals surface area contributed by atoms with E-state index < -0.39 is 184 Å². The van der Waals surface area contributed by atoms with Gasteiger partial charge in [-0.2, -0.15) is 171 Å². The number of halogens is 39. The Morgan fingerprint density at radius 2 is 0.579 bits per heavy atom. The van der Waals surface area contributed by atoms with E-state index in [0.29, 0.717) is 0 Å². The van der Waals surface area contributed by atoms with Crippen LogP contribution in [0, 0.1) is 0 Å². The lowest BCUT2D eigenvalue weighted by atomic mass is 9.80. The van der Waals surface area contributed by atoms with E-state index in [4.69, 9.17) is 9.31 Å². The zero-order valence-corrected chi connectivity index (χ0v) is 36.3. The zero-order valence-electron chi connectivity index (χ0n) is 35.3. The third-order valence-electron chi connectivity index (χ3n) is 11.4. The van der Waals surface area contributed by atoms with Gasteiger partial charge in [0.1, 0.15) is 0 Å². The lowest BCUT2D eigenvalue weighted by Gasteiger charge is -2.43. The fourth-order valence-corrected chi connectivity index (χ4v) is 11.7. The lowest BCUT2D eigenvalue weighted by molar-refractivity contribution is -0.440. The SMILES string of the molecule is FC(F)(F)C(F)(F)C(F)(F)C(F)(F)C(F)(F)C(F)(F)CC[Si](CCC(F)(F)C(F)(F)C(F)(F)C(F)(F)C(F)(F)C(F)(F)F)(CCC(F)(F)C(F)(F)C(F)(F)C(F)(F)C(F)(F)C(F)(F)F)CC1COB(c2ccccc2)O1. The Morgan fingerprint density at radius 1 is 0.342 bits per heavy atom. The summed E-state index contributed by atoms with van der Waals surface area (Å²) in [4.78, 5) is 0. The van der Waals surface area contributed by atoms with Crippen LogP contribution in [0.4, 0.5) is 171 Å². The molecule has 0 saturated carbocycles. The molecule has 43 heteroatoms. The highest BCUT2D eigenvalue weighted by Gasteiger charge is 2.93. The summed E-state index contributed by atoms with van der Waals surface area (Å²) >= 11 is 0. The molecule has 0 aliphatic carbocycles.